The van der Waals surface area contributed by atoms with Crippen molar-refractivity contribution in [3.8, 4) is 0 Å². The number of benzene rings is 1. The first kappa shape index (κ1) is 17.3. The average molecular weight is 360 g/mol. The lowest BCUT2D eigenvalue weighted by atomic mass is 10.2. The lowest BCUT2D eigenvalue weighted by molar-refractivity contribution is -0.119. The zero-order valence-electron chi connectivity index (χ0n) is 14.0. The maximum absolute atomic E-state index is 12.0. The van der Waals surface area contributed by atoms with Gasteiger partial charge in [-0.1, -0.05) is 11.4 Å². The largest absolute Gasteiger partial charge is 0.451 e. The number of nitrogens with zero attached hydrogens (tertiary/aromatic N) is 3. The highest BCUT2D eigenvalue weighted by Crippen LogP contribution is 2.22. The molecule has 25 heavy (non-hydrogen) atoms. The maximum atomic E-state index is 12.0. The molecule has 0 saturated carbocycles. The van der Waals surface area contributed by atoms with Crippen molar-refractivity contribution in [1.82, 2.24) is 9.59 Å². The van der Waals surface area contributed by atoms with Gasteiger partial charge in [-0.3, -0.25) is 4.79 Å². The van der Waals surface area contributed by atoms with E-state index in [2.05, 4.69) is 19.8 Å². The van der Waals surface area contributed by atoms with Crippen LogP contribution in [0.5, 0.6) is 0 Å². The second-order valence-corrected chi connectivity index (χ2v) is 6.52. The van der Waals surface area contributed by atoms with E-state index in [0.717, 1.165) is 30.3 Å². The van der Waals surface area contributed by atoms with Gasteiger partial charge in [-0.15, -0.1) is 5.10 Å². The van der Waals surface area contributed by atoms with Gasteiger partial charge in [0.05, 0.1) is 5.69 Å². The molecule has 1 aromatic heterocycles. The van der Waals surface area contributed by atoms with Crippen LogP contribution in [0.1, 0.15) is 35.1 Å². The van der Waals surface area contributed by atoms with Gasteiger partial charge in [-0.2, -0.15) is 0 Å². The topological polar surface area (TPSA) is 84.4 Å². The summed E-state index contributed by atoms with van der Waals surface area (Å²) < 4.78 is 8.78. The Morgan fingerprint density at radius 2 is 1.96 bits per heavy atom. The number of aromatic nitrogens is 2. The second kappa shape index (κ2) is 8.06. The molecule has 8 heteroatoms. The van der Waals surface area contributed by atoms with Crippen LogP contribution in [0.3, 0.4) is 0 Å². The Kier molecular flexibility index (Phi) is 5.60. The van der Waals surface area contributed by atoms with Crippen molar-refractivity contribution in [2.45, 2.75) is 26.2 Å². The summed E-state index contributed by atoms with van der Waals surface area (Å²) in [6.45, 7) is 3.70. The third-order valence-corrected chi connectivity index (χ3v) is 4.78. The monoisotopic (exact) mass is 360 g/mol. The van der Waals surface area contributed by atoms with Gasteiger partial charge >= 0.3 is 5.97 Å². The van der Waals surface area contributed by atoms with Gasteiger partial charge in [0.1, 0.15) is 0 Å². The van der Waals surface area contributed by atoms with Crippen molar-refractivity contribution in [3.05, 3.63) is 34.8 Å². The van der Waals surface area contributed by atoms with Crippen molar-refractivity contribution in [2.24, 2.45) is 0 Å². The lowest BCUT2D eigenvalue weighted by Gasteiger charge is -2.17. The van der Waals surface area contributed by atoms with Crippen LogP contribution in [0.2, 0.25) is 0 Å². The van der Waals surface area contributed by atoms with Gasteiger partial charge in [0, 0.05) is 24.5 Å². The predicted molar refractivity (Wildman–Crippen MR) is 96.1 cm³/mol. The number of rotatable bonds is 6. The molecule has 2 heterocycles. The van der Waals surface area contributed by atoms with Gasteiger partial charge in [-0.05, 0) is 55.1 Å². The van der Waals surface area contributed by atoms with E-state index in [9.17, 15) is 9.59 Å². The maximum Gasteiger partial charge on any atom is 0.352 e. The minimum Gasteiger partial charge on any atom is -0.451 e. The molecule has 7 nitrogen and oxygen atoms in total. The van der Waals surface area contributed by atoms with E-state index >= 15 is 0 Å². The number of anilines is 2. The molecule has 1 aromatic carbocycles. The number of amides is 1. The van der Waals surface area contributed by atoms with Crippen molar-refractivity contribution in [1.29, 1.82) is 0 Å². The first-order valence-electron chi connectivity index (χ1n) is 8.30. The van der Waals surface area contributed by atoms with E-state index in [0.29, 0.717) is 22.7 Å². The minimum absolute atomic E-state index is 0.340. The normalized spacial score (nSPS) is 13.7. The third kappa shape index (κ3) is 4.33. The molecule has 3 rings (SSSR count). The Labute approximate surface area is 150 Å². The average Bonchev–Trinajstić information content (AvgIpc) is 3.31. The molecule has 1 saturated heterocycles. The summed E-state index contributed by atoms with van der Waals surface area (Å²) in [7, 11) is 0. The van der Waals surface area contributed by atoms with Gasteiger partial charge in [0.15, 0.2) is 11.5 Å². The molecule has 1 N–H and O–H groups in total. The first-order valence-corrected chi connectivity index (χ1v) is 9.08. The van der Waals surface area contributed by atoms with Crippen molar-refractivity contribution in [2.75, 3.05) is 29.9 Å². The van der Waals surface area contributed by atoms with Gasteiger partial charge in [0.2, 0.25) is 0 Å². The Morgan fingerprint density at radius 1 is 1.24 bits per heavy atom. The number of hydrogen-bond acceptors (Lipinski definition) is 7. The van der Waals surface area contributed by atoms with Crippen LogP contribution in [-0.4, -0.2) is 41.2 Å². The highest BCUT2D eigenvalue weighted by Gasteiger charge is 2.18. The Hall–Kier alpha value is -2.48. The lowest BCUT2D eigenvalue weighted by Crippen LogP contribution is -2.21. The van der Waals surface area contributed by atoms with E-state index in [1.807, 2.05) is 31.2 Å². The number of esters is 1. The molecule has 1 aliphatic heterocycles. The Morgan fingerprint density at radius 3 is 2.64 bits per heavy atom. The van der Waals surface area contributed by atoms with Crippen LogP contribution in [0.15, 0.2) is 24.3 Å². The van der Waals surface area contributed by atoms with Crippen LogP contribution >= 0.6 is 11.5 Å². The molecule has 0 aliphatic carbocycles. The van der Waals surface area contributed by atoms with E-state index in [4.69, 9.17) is 4.74 Å². The van der Waals surface area contributed by atoms with Crippen molar-refractivity contribution >= 4 is 34.8 Å². The molecule has 0 unspecified atom stereocenters. The smallest absolute Gasteiger partial charge is 0.352 e. The number of nitrogens with one attached hydrogen (secondary N) is 1. The van der Waals surface area contributed by atoms with Crippen LogP contribution in [0.25, 0.3) is 0 Å². The summed E-state index contributed by atoms with van der Waals surface area (Å²) in [6, 6.07) is 7.69. The number of carbonyl (C=O) groups is 2. The Balaban J connectivity index is 1.49. The highest BCUT2D eigenvalue weighted by molar-refractivity contribution is 7.07. The number of hydrogen-bond donors (Lipinski definition) is 1. The zero-order chi connectivity index (χ0) is 17.6. The first-order chi connectivity index (χ1) is 12.2. The van der Waals surface area contributed by atoms with E-state index < -0.39 is 5.97 Å². The number of aryl methyl sites for hydroxylation is 1. The van der Waals surface area contributed by atoms with Crippen molar-refractivity contribution in [3.63, 3.8) is 0 Å². The molecule has 0 spiro atoms. The van der Waals surface area contributed by atoms with Gasteiger partial charge in [-0.25, -0.2) is 4.79 Å². The molecular weight excluding hydrogens is 340 g/mol. The molecule has 132 valence electrons. The zero-order valence-corrected chi connectivity index (χ0v) is 14.8. The summed E-state index contributed by atoms with van der Waals surface area (Å²) in [6.07, 6.45) is 3.04. The summed E-state index contributed by atoms with van der Waals surface area (Å²) in [4.78, 5) is 26.6. The molecule has 0 bridgehead atoms. The molecule has 2 aromatic rings. The number of ether oxygens (including phenoxy) is 1. The van der Waals surface area contributed by atoms with Crippen molar-refractivity contribution < 1.29 is 14.3 Å². The quantitative estimate of drug-likeness (QED) is 0.797. The fraction of sp³-hybridized carbons (Fsp3) is 0.412. The molecule has 0 atom stereocenters. The standard InChI is InChI=1S/C17H20N4O3S/c1-2-14-16(25-20-19-14)17(23)24-11-15(22)18-12-5-7-13(8-6-12)21-9-3-4-10-21/h5-8H,2-4,9-11H2,1H3,(H,18,22). The van der Waals surface area contributed by atoms with E-state index in [1.54, 1.807) is 0 Å². The Bertz CT molecular complexity index is 739. The SMILES string of the molecule is CCc1nnsc1C(=O)OCC(=O)Nc1ccc(N2CCCC2)cc1. The van der Waals surface area contributed by atoms with E-state index in [-0.39, 0.29) is 12.5 Å². The predicted octanol–water partition coefficient (Wildman–Crippen LogP) is 2.50. The molecule has 1 fully saturated rings. The molecule has 1 aliphatic rings. The summed E-state index contributed by atoms with van der Waals surface area (Å²) >= 11 is 0.979. The highest BCUT2D eigenvalue weighted by atomic mass is 32.1. The molecule has 0 radical (unpaired) electrons. The van der Waals surface area contributed by atoms with Crippen LogP contribution in [0.4, 0.5) is 11.4 Å². The fourth-order valence-electron chi connectivity index (χ4n) is 2.72. The van der Waals surface area contributed by atoms with Crippen LogP contribution in [-0.2, 0) is 16.0 Å². The van der Waals surface area contributed by atoms with Crippen LogP contribution in [0, 0.1) is 0 Å². The summed E-state index contributed by atoms with van der Waals surface area (Å²) in [5.41, 5.74) is 2.43. The summed E-state index contributed by atoms with van der Waals surface area (Å²) in [5, 5.41) is 6.58. The second-order valence-electron chi connectivity index (χ2n) is 5.77. The number of carbonyl (C=O) groups excluding carboxylic acids is 2. The molecule has 1 amide bonds. The molecular formula is C17H20N4O3S. The van der Waals surface area contributed by atoms with Gasteiger partial charge in [0.25, 0.3) is 5.91 Å². The van der Waals surface area contributed by atoms with Gasteiger partial charge < -0.3 is 15.0 Å². The third-order valence-electron chi connectivity index (χ3n) is 4.03. The minimum atomic E-state index is -0.564. The fourth-order valence-corrected chi connectivity index (χ4v) is 3.36. The van der Waals surface area contributed by atoms with E-state index in [1.165, 1.54) is 12.8 Å². The summed E-state index contributed by atoms with van der Waals surface area (Å²) in [5.74, 6) is -0.941. The van der Waals surface area contributed by atoms with Crippen LogP contribution < -0.4 is 10.2 Å².